The van der Waals surface area contributed by atoms with E-state index in [1.54, 1.807) is 0 Å². The Morgan fingerprint density at radius 1 is 1.17 bits per heavy atom. The van der Waals surface area contributed by atoms with Crippen LogP contribution >= 0.6 is 11.6 Å². The molecule has 0 amide bonds. The third-order valence-corrected chi connectivity index (χ3v) is 2.71. The first-order valence-electron chi connectivity index (χ1n) is 4.89. The van der Waals surface area contributed by atoms with Crippen LogP contribution in [0.2, 0.25) is 5.02 Å². The summed E-state index contributed by atoms with van der Waals surface area (Å²) in [5.41, 5.74) is 0.00614. The average molecular weight is 270 g/mol. The number of rotatable bonds is 2. The lowest BCUT2D eigenvalue weighted by atomic mass is 10.0. The topological polar surface area (TPSA) is 43.1 Å². The smallest absolute Gasteiger partial charge is 0.258 e. The molecule has 0 aliphatic heterocycles. The summed E-state index contributed by atoms with van der Waals surface area (Å²) in [5.74, 6) is -2.00. The Hall–Kier alpha value is -2.01. The van der Waals surface area contributed by atoms with Crippen molar-refractivity contribution >= 4 is 17.3 Å². The van der Waals surface area contributed by atoms with Crippen molar-refractivity contribution in [3.8, 4) is 11.1 Å². The summed E-state index contributed by atoms with van der Waals surface area (Å²) in [4.78, 5) is 9.93. The van der Waals surface area contributed by atoms with E-state index in [-0.39, 0.29) is 21.8 Å². The second-order valence-corrected chi connectivity index (χ2v) is 3.93. The summed E-state index contributed by atoms with van der Waals surface area (Å²) in [6, 6.07) is 7.42. The SMILES string of the molecule is O=[N+]([O-])c1ccc(-c2cccc(F)c2F)cc1Cl. The molecule has 2 rings (SSSR count). The van der Waals surface area contributed by atoms with Crippen LogP contribution in [0.3, 0.4) is 0 Å². The second-order valence-electron chi connectivity index (χ2n) is 3.52. The number of hydrogen-bond acceptors (Lipinski definition) is 2. The quantitative estimate of drug-likeness (QED) is 0.606. The van der Waals surface area contributed by atoms with Gasteiger partial charge in [-0.3, -0.25) is 10.1 Å². The highest BCUT2D eigenvalue weighted by Crippen LogP contribution is 2.31. The fourth-order valence-electron chi connectivity index (χ4n) is 1.55. The molecule has 0 aromatic heterocycles. The first-order valence-corrected chi connectivity index (χ1v) is 5.27. The van der Waals surface area contributed by atoms with Crippen molar-refractivity contribution in [1.82, 2.24) is 0 Å². The van der Waals surface area contributed by atoms with Crippen LogP contribution < -0.4 is 0 Å². The molecule has 0 saturated heterocycles. The van der Waals surface area contributed by atoms with E-state index < -0.39 is 16.6 Å². The maximum atomic E-state index is 13.5. The van der Waals surface area contributed by atoms with E-state index in [1.165, 1.54) is 24.3 Å². The molecule has 6 heteroatoms. The van der Waals surface area contributed by atoms with Gasteiger partial charge in [0, 0.05) is 11.6 Å². The van der Waals surface area contributed by atoms with Gasteiger partial charge in [-0.25, -0.2) is 8.78 Å². The Morgan fingerprint density at radius 2 is 1.89 bits per heavy atom. The van der Waals surface area contributed by atoms with Crippen LogP contribution in [0.5, 0.6) is 0 Å². The summed E-state index contributed by atoms with van der Waals surface area (Å²) >= 11 is 5.71. The predicted octanol–water partition coefficient (Wildman–Crippen LogP) is 4.19. The molecule has 0 fully saturated rings. The standard InChI is InChI=1S/C12H6ClF2NO2/c13-9-6-7(4-5-11(9)16(17)18)8-2-1-3-10(14)12(8)15/h1-6H. The van der Waals surface area contributed by atoms with Gasteiger partial charge in [-0.1, -0.05) is 23.7 Å². The molecule has 2 aromatic carbocycles. The van der Waals surface area contributed by atoms with E-state index in [4.69, 9.17) is 11.6 Å². The lowest BCUT2D eigenvalue weighted by molar-refractivity contribution is -0.384. The molecule has 92 valence electrons. The maximum absolute atomic E-state index is 13.5. The zero-order valence-corrected chi connectivity index (χ0v) is 9.62. The Labute approximate surface area is 106 Å². The van der Waals surface area contributed by atoms with E-state index in [2.05, 4.69) is 0 Å². The highest BCUT2D eigenvalue weighted by Gasteiger charge is 2.15. The van der Waals surface area contributed by atoms with Crippen molar-refractivity contribution in [2.24, 2.45) is 0 Å². The summed E-state index contributed by atoms with van der Waals surface area (Å²) in [7, 11) is 0. The molecule has 0 saturated carbocycles. The normalized spacial score (nSPS) is 10.4. The minimum absolute atomic E-state index is 0.00629. The van der Waals surface area contributed by atoms with Crippen molar-refractivity contribution in [2.75, 3.05) is 0 Å². The Kier molecular flexibility index (Phi) is 3.25. The molecule has 3 nitrogen and oxygen atoms in total. The van der Waals surface area contributed by atoms with Crippen LogP contribution in [0.25, 0.3) is 11.1 Å². The van der Waals surface area contributed by atoms with Gasteiger partial charge in [-0.15, -0.1) is 0 Å². The summed E-state index contributed by atoms with van der Waals surface area (Å²) in [6.45, 7) is 0. The first-order chi connectivity index (χ1) is 8.50. The fourth-order valence-corrected chi connectivity index (χ4v) is 1.80. The predicted molar refractivity (Wildman–Crippen MR) is 63.5 cm³/mol. The Morgan fingerprint density at radius 3 is 2.50 bits per heavy atom. The van der Waals surface area contributed by atoms with Crippen LogP contribution in [0.1, 0.15) is 0 Å². The molecule has 0 aliphatic carbocycles. The Bertz CT molecular complexity index is 631. The second kappa shape index (κ2) is 4.70. The number of nitro groups is 1. The van der Waals surface area contributed by atoms with Crippen molar-refractivity contribution in [3.63, 3.8) is 0 Å². The van der Waals surface area contributed by atoms with Gasteiger partial charge in [0.05, 0.1) is 4.92 Å². The summed E-state index contributed by atoms with van der Waals surface area (Å²) in [5, 5.41) is 10.5. The number of nitro benzene ring substituents is 1. The third-order valence-electron chi connectivity index (χ3n) is 2.41. The van der Waals surface area contributed by atoms with E-state index in [0.717, 1.165) is 12.1 Å². The van der Waals surface area contributed by atoms with Gasteiger partial charge >= 0.3 is 0 Å². The average Bonchev–Trinajstić information content (AvgIpc) is 2.32. The molecule has 0 spiro atoms. The minimum Gasteiger partial charge on any atom is -0.258 e. The monoisotopic (exact) mass is 269 g/mol. The number of benzene rings is 2. The van der Waals surface area contributed by atoms with Gasteiger partial charge in [-0.05, 0) is 23.8 Å². The van der Waals surface area contributed by atoms with Crippen molar-refractivity contribution < 1.29 is 13.7 Å². The van der Waals surface area contributed by atoms with Gasteiger partial charge in [-0.2, -0.15) is 0 Å². The van der Waals surface area contributed by atoms with E-state index in [0.29, 0.717) is 0 Å². The van der Waals surface area contributed by atoms with Crippen LogP contribution in [0, 0.1) is 21.7 Å². The highest BCUT2D eigenvalue weighted by atomic mass is 35.5. The van der Waals surface area contributed by atoms with Crippen molar-refractivity contribution in [2.45, 2.75) is 0 Å². The van der Waals surface area contributed by atoms with E-state index >= 15 is 0 Å². The van der Waals surface area contributed by atoms with Crippen molar-refractivity contribution in [1.29, 1.82) is 0 Å². The largest absolute Gasteiger partial charge is 0.287 e. The lowest BCUT2D eigenvalue weighted by Gasteiger charge is -2.04. The molecule has 0 heterocycles. The molecule has 0 N–H and O–H groups in total. The van der Waals surface area contributed by atoms with Crippen LogP contribution in [0.4, 0.5) is 14.5 Å². The van der Waals surface area contributed by atoms with Crippen LogP contribution in [-0.4, -0.2) is 4.92 Å². The molecular formula is C12H6ClF2NO2. The van der Waals surface area contributed by atoms with Gasteiger partial charge in [0.1, 0.15) is 5.02 Å². The van der Waals surface area contributed by atoms with Gasteiger partial charge in [0.2, 0.25) is 0 Å². The van der Waals surface area contributed by atoms with E-state index in [1.807, 2.05) is 0 Å². The summed E-state index contributed by atoms with van der Waals surface area (Å²) < 4.78 is 26.6. The van der Waals surface area contributed by atoms with Gasteiger partial charge < -0.3 is 0 Å². The maximum Gasteiger partial charge on any atom is 0.287 e. The Balaban J connectivity index is 2.56. The number of halogens is 3. The fraction of sp³-hybridized carbons (Fsp3) is 0. The van der Waals surface area contributed by atoms with Crippen LogP contribution in [-0.2, 0) is 0 Å². The zero-order valence-electron chi connectivity index (χ0n) is 8.86. The van der Waals surface area contributed by atoms with Crippen LogP contribution in [0.15, 0.2) is 36.4 Å². The molecule has 18 heavy (non-hydrogen) atoms. The molecule has 0 radical (unpaired) electrons. The highest BCUT2D eigenvalue weighted by molar-refractivity contribution is 6.32. The molecule has 0 atom stereocenters. The molecule has 2 aromatic rings. The minimum atomic E-state index is -1.01. The van der Waals surface area contributed by atoms with Gasteiger partial charge in [0.25, 0.3) is 5.69 Å². The zero-order chi connectivity index (χ0) is 13.3. The van der Waals surface area contributed by atoms with Gasteiger partial charge in [0.15, 0.2) is 11.6 Å². The molecular weight excluding hydrogens is 264 g/mol. The summed E-state index contributed by atoms with van der Waals surface area (Å²) in [6.07, 6.45) is 0. The van der Waals surface area contributed by atoms with E-state index in [9.17, 15) is 18.9 Å². The lowest BCUT2D eigenvalue weighted by Crippen LogP contribution is -1.92. The first kappa shape index (κ1) is 12.4. The molecule has 0 aliphatic rings. The number of hydrogen-bond donors (Lipinski definition) is 0. The van der Waals surface area contributed by atoms with Crippen molar-refractivity contribution in [3.05, 3.63) is 63.2 Å². The third kappa shape index (κ3) is 2.17. The molecule has 0 bridgehead atoms. The molecule has 0 unspecified atom stereocenters. The number of nitrogens with zero attached hydrogens (tertiary/aromatic N) is 1.